The summed E-state index contributed by atoms with van der Waals surface area (Å²) in [7, 11) is -1.51. The third-order valence-electron chi connectivity index (χ3n) is 2.96. The monoisotopic (exact) mass is 344 g/mol. The SMILES string of the molecule is Cc1cc(NC(=O)[C@@H](C)[S@@](=O)Cc2ccc(F)cc2Cl)no1. The van der Waals surface area contributed by atoms with Gasteiger partial charge < -0.3 is 9.84 Å². The summed E-state index contributed by atoms with van der Waals surface area (Å²) in [5.74, 6) is -0.0177. The third kappa shape index (κ3) is 4.14. The summed E-state index contributed by atoms with van der Waals surface area (Å²) in [4.78, 5) is 12.0. The van der Waals surface area contributed by atoms with Crippen molar-refractivity contribution in [2.75, 3.05) is 5.32 Å². The molecule has 0 saturated carbocycles. The highest BCUT2D eigenvalue weighted by atomic mass is 35.5. The molecule has 0 fully saturated rings. The van der Waals surface area contributed by atoms with Crippen molar-refractivity contribution in [2.24, 2.45) is 0 Å². The zero-order valence-corrected chi connectivity index (χ0v) is 13.5. The predicted molar refractivity (Wildman–Crippen MR) is 82.6 cm³/mol. The molecule has 1 amide bonds. The lowest BCUT2D eigenvalue weighted by Crippen LogP contribution is -2.29. The molecule has 118 valence electrons. The van der Waals surface area contributed by atoms with Crippen LogP contribution in [-0.2, 0) is 21.3 Å². The van der Waals surface area contributed by atoms with Crippen molar-refractivity contribution in [1.82, 2.24) is 5.16 Å². The maximum atomic E-state index is 13.0. The van der Waals surface area contributed by atoms with Crippen LogP contribution in [0, 0.1) is 12.7 Å². The van der Waals surface area contributed by atoms with E-state index < -0.39 is 27.8 Å². The van der Waals surface area contributed by atoms with Gasteiger partial charge in [-0.1, -0.05) is 22.8 Å². The molecule has 8 heteroatoms. The average Bonchev–Trinajstić information content (AvgIpc) is 2.86. The van der Waals surface area contributed by atoms with Crippen molar-refractivity contribution in [3.05, 3.63) is 46.4 Å². The zero-order valence-electron chi connectivity index (χ0n) is 11.9. The molecule has 1 N–H and O–H groups in total. The number of hydrogen-bond donors (Lipinski definition) is 1. The summed E-state index contributed by atoms with van der Waals surface area (Å²) in [6.45, 7) is 3.23. The highest BCUT2D eigenvalue weighted by Gasteiger charge is 2.22. The molecule has 1 aromatic heterocycles. The van der Waals surface area contributed by atoms with Gasteiger partial charge in [0.2, 0.25) is 5.91 Å². The standard InChI is InChI=1S/C14H14ClFN2O3S/c1-8-5-13(18-21-8)17-14(19)9(2)22(20)7-10-3-4-11(16)6-12(10)15/h3-6,9H,7H2,1-2H3,(H,17,18,19)/t9-,22+/m1/s1. The van der Waals surface area contributed by atoms with E-state index in [9.17, 15) is 13.4 Å². The minimum atomic E-state index is -1.51. The molecule has 0 spiro atoms. The van der Waals surface area contributed by atoms with E-state index in [1.165, 1.54) is 19.1 Å². The molecule has 0 unspecified atom stereocenters. The maximum absolute atomic E-state index is 13.0. The second-order valence-electron chi connectivity index (χ2n) is 4.72. The van der Waals surface area contributed by atoms with Crippen molar-refractivity contribution >= 4 is 34.1 Å². The van der Waals surface area contributed by atoms with Gasteiger partial charge >= 0.3 is 0 Å². The number of rotatable bonds is 5. The lowest BCUT2D eigenvalue weighted by Gasteiger charge is -2.11. The van der Waals surface area contributed by atoms with Gasteiger partial charge in [-0.2, -0.15) is 0 Å². The van der Waals surface area contributed by atoms with Crippen molar-refractivity contribution in [3.8, 4) is 0 Å². The smallest absolute Gasteiger partial charge is 0.241 e. The molecule has 2 aromatic rings. The van der Waals surface area contributed by atoms with Gasteiger partial charge in [-0.15, -0.1) is 0 Å². The fourth-order valence-corrected chi connectivity index (χ4v) is 3.11. The van der Waals surface area contributed by atoms with Crippen molar-refractivity contribution in [2.45, 2.75) is 24.9 Å². The number of aryl methyl sites for hydroxylation is 1. The first-order valence-corrected chi connectivity index (χ1v) is 8.18. The van der Waals surface area contributed by atoms with E-state index in [1.54, 1.807) is 13.0 Å². The second kappa shape index (κ2) is 7.02. The Balaban J connectivity index is 2.00. The number of carbonyl (C=O) groups excluding carboxylic acids is 1. The Morgan fingerprint density at radius 2 is 2.23 bits per heavy atom. The minimum absolute atomic E-state index is 0.0611. The Labute approximate surface area is 134 Å². The van der Waals surface area contributed by atoms with Crippen LogP contribution >= 0.6 is 11.6 Å². The van der Waals surface area contributed by atoms with Crippen LogP contribution in [0.15, 0.2) is 28.8 Å². The van der Waals surface area contributed by atoms with Gasteiger partial charge in [-0.3, -0.25) is 9.00 Å². The Kier molecular flexibility index (Phi) is 5.31. The number of carbonyl (C=O) groups is 1. The second-order valence-corrected chi connectivity index (χ2v) is 6.88. The van der Waals surface area contributed by atoms with Gasteiger partial charge in [-0.25, -0.2) is 4.39 Å². The molecule has 2 rings (SSSR count). The normalized spacial score (nSPS) is 13.6. The van der Waals surface area contributed by atoms with Gasteiger partial charge in [0.05, 0.1) is 5.75 Å². The van der Waals surface area contributed by atoms with Crippen LogP contribution in [0.5, 0.6) is 0 Å². The molecule has 0 aliphatic carbocycles. The Hall–Kier alpha value is -1.73. The summed E-state index contributed by atoms with van der Waals surface area (Å²) < 4.78 is 30.1. The van der Waals surface area contributed by atoms with Crippen LogP contribution in [-0.4, -0.2) is 20.5 Å². The zero-order chi connectivity index (χ0) is 16.3. The molecule has 0 bridgehead atoms. The van der Waals surface area contributed by atoms with E-state index >= 15 is 0 Å². The van der Waals surface area contributed by atoms with E-state index in [1.807, 2.05) is 0 Å². The number of benzene rings is 1. The van der Waals surface area contributed by atoms with E-state index in [-0.39, 0.29) is 16.6 Å². The van der Waals surface area contributed by atoms with Gasteiger partial charge in [-0.05, 0) is 31.5 Å². The van der Waals surface area contributed by atoms with Crippen LogP contribution in [0.1, 0.15) is 18.2 Å². The number of hydrogen-bond acceptors (Lipinski definition) is 4. The van der Waals surface area contributed by atoms with E-state index in [0.717, 1.165) is 6.07 Å². The molecule has 0 radical (unpaired) electrons. The fourth-order valence-electron chi connectivity index (χ4n) is 1.69. The Morgan fingerprint density at radius 3 is 2.82 bits per heavy atom. The first kappa shape index (κ1) is 16.6. The topological polar surface area (TPSA) is 72.2 Å². The molecule has 2 atom stereocenters. The summed E-state index contributed by atoms with van der Waals surface area (Å²) in [6, 6.07) is 5.41. The fraction of sp³-hybridized carbons (Fsp3) is 0.286. The third-order valence-corrected chi connectivity index (χ3v) is 4.91. The first-order valence-electron chi connectivity index (χ1n) is 6.42. The van der Waals surface area contributed by atoms with Crippen LogP contribution < -0.4 is 5.32 Å². The lowest BCUT2D eigenvalue weighted by atomic mass is 10.2. The average molecular weight is 345 g/mol. The molecule has 1 heterocycles. The van der Waals surface area contributed by atoms with Gasteiger partial charge in [0.15, 0.2) is 5.82 Å². The summed E-state index contributed by atoms with van der Waals surface area (Å²) in [6.07, 6.45) is 0. The summed E-state index contributed by atoms with van der Waals surface area (Å²) in [5.41, 5.74) is 0.526. The number of nitrogens with one attached hydrogen (secondary N) is 1. The molecule has 0 aliphatic heterocycles. The highest BCUT2D eigenvalue weighted by Crippen LogP contribution is 2.20. The van der Waals surface area contributed by atoms with Crippen LogP contribution in [0.3, 0.4) is 0 Å². The molecule has 0 saturated heterocycles. The molecule has 1 aromatic carbocycles. The van der Waals surface area contributed by atoms with Crippen molar-refractivity contribution in [3.63, 3.8) is 0 Å². The number of nitrogens with zero attached hydrogens (tertiary/aromatic N) is 1. The minimum Gasteiger partial charge on any atom is -0.360 e. The van der Waals surface area contributed by atoms with Crippen molar-refractivity contribution in [1.29, 1.82) is 0 Å². The number of aromatic nitrogens is 1. The number of amides is 1. The summed E-state index contributed by atoms with van der Waals surface area (Å²) >= 11 is 5.89. The Morgan fingerprint density at radius 1 is 1.50 bits per heavy atom. The summed E-state index contributed by atoms with van der Waals surface area (Å²) in [5, 5.41) is 5.57. The number of halogens is 2. The Bertz CT molecular complexity index is 720. The van der Waals surface area contributed by atoms with Crippen LogP contribution in [0.2, 0.25) is 5.02 Å². The van der Waals surface area contributed by atoms with Gasteiger partial charge in [0.1, 0.15) is 16.8 Å². The van der Waals surface area contributed by atoms with Crippen LogP contribution in [0.25, 0.3) is 0 Å². The molecular weight excluding hydrogens is 331 g/mol. The molecule has 0 aliphatic rings. The molecule has 22 heavy (non-hydrogen) atoms. The van der Waals surface area contributed by atoms with E-state index in [0.29, 0.717) is 11.3 Å². The van der Waals surface area contributed by atoms with E-state index in [4.69, 9.17) is 16.1 Å². The van der Waals surface area contributed by atoms with Crippen LogP contribution in [0.4, 0.5) is 10.2 Å². The van der Waals surface area contributed by atoms with Crippen molar-refractivity contribution < 1.29 is 17.9 Å². The molecular formula is C14H14ClFN2O3S. The maximum Gasteiger partial charge on any atom is 0.241 e. The van der Waals surface area contributed by atoms with E-state index in [2.05, 4.69) is 10.5 Å². The quantitative estimate of drug-likeness (QED) is 0.904. The van der Waals surface area contributed by atoms with Gasteiger partial charge in [0.25, 0.3) is 0 Å². The predicted octanol–water partition coefficient (Wildman–Crippen LogP) is 3.05. The largest absolute Gasteiger partial charge is 0.360 e. The molecule has 5 nitrogen and oxygen atoms in total. The van der Waals surface area contributed by atoms with Gasteiger partial charge in [0, 0.05) is 21.9 Å². The number of anilines is 1. The first-order chi connectivity index (χ1) is 10.4. The lowest BCUT2D eigenvalue weighted by molar-refractivity contribution is -0.115. The highest BCUT2D eigenvalue weighted by molar-refractivity contribution is 7.85.